The molecule has 0 heterocycles. The van der Waals surface area contributed by atoms with Gasteiger partial charge in [-0.25, -0.2) is 4.79 Å². The Hall–Kier alpha value is -4.89. The molecule has 14 heteroatoms. The van der Waals surface area contributed by atoms with E-state index in [1.54, 1.807) is 25.1 Å². The number of aliphatic carboxylic acids is 1. The van der Waals surface area contributed by atoms with Crippen molar-refractivity contribution in [3.05, 3.63) is 39.7 Å². The lowest BCUT2D eigenvalue weighted by Crippen LogP contribution is -2.80. The van der Waals surface area contributed by atoms with E-state index in [0.717, 1.165) is 0 Å². The van der Waals surface area contributed by atoms with Crippen molar-refractivity contribution in [2.75, 3.05) is 33.1 Å². The van der Waals surface area contributed by atoms with E-state index in [9.17, 15) is 39.8 Å². The highest BCUT2D eigenvalue weighted by Gasteiger charge is 2.74. The van der Waals surface area contributed by atoms with Gasteiger partial charge in [-0.2, -0.15) is 5.26 Å². The van der Waals surface area contributed by atoms with Crippen LogP contribution < -0.4 is 22.1 Å². The van der Waals surface area contributed by atoms with Crippen molar-refractivity contribution in [2.24, 2.45) is 22.6 Å². The average molecular weight is 565 g/mol. The van der Waals surface area contributed by atoms with E-state index in [-0.39, 0.29) is 23.1 Å². The highest BCUT2D eigenvalue weighted by molar-refractivity contribution is 6.25. The van der Waals surface area contributed by atoms with E-state index in [1.807, 2.05) is 5.92 Å². The predicted molar refractivity (Wildman–Crippen MR) is 143 cm³/mol. The monoisotopic (exact) mass is 564 g/mol. The highest BCUT2D eigenvalue weighted by Crippen LogP contribution is 2.59. The Labute approximate surface area is 233 Å². The number of phenols is 1. The van der Waals surface area contributed by atoms with Gasteiger partial charge in [0.2, 0.25) is 0 Å². The molecule has 3 aliphatic carbocycles. The largest absolute Gasteiger partial charge is 0.509 e. The Morgan fingerprint density at radius 1 is 1.12 bits per heavy atom. The molecule has 0 aromatic heterocycles. The van der Waals surface area contributed by atoms with Gasteiger partial charge < -0.3 is 42.5 Å². The first kappa shape index (κ1) is 29.1. The number of aromatic hydroxyl groups is 1. The molecule has 4 atom stereocenters. The van der Waals surface area contributed by atoms with E-state index in [0.29, 0.717) is 5.69 Å². The second-order valence-electron chi connectivity index (χ2n) is 10.9. The lowest BCUT2D eigenvalue weighted by molar-refractivity contribution is -0.139. The first-order valence-corrected chi connectivity index (χ1v) is 12.1. The Balaban J connectivity index is 2.16. The van der Waals surface area contributed by atoms with Gasteiger partial charge in [-0.3, -0.25) is 19.3 Å². The molecular weight excluding hydrogens is 536 g/mol. The molecule has 1 fully saturated rings. The van der Waals surface area contributed by atoms with Crippen molar-refractivity contribution in [1.29, 1.82) is 5.26 Å². The smallest absolute Gasteiger partial charge is 0.382 e. The van der Waals surface area contributed by atoms with Gasteiger partial charge in [0.05, 0.1) is 39.9 Å². The number of rotatable bonds is 3. The Kier molecular flexibility index (Phi) is 6.44. The first-order chi connectivity index (χ1) is 18.9. The molecule has 0 spiro atoms. The molecule has 0 unspecified atom stereocenters. The molecule has 4 rings (SSSR count). The predicted octanol–water partition coefficient (Wildman–Crippen LogP) is -1.59. The molecule has 1 amide bonds. The van der Waals surface area contributed by atoms with Crippen LogP contribution in [0.4, 0.5) is 5.69 Å². The van der Waals surface area contributed by atoms with Crippen molar-refractivity contribution in [2.45, 2.75) is 30.0 Å². The van der Waals surface area contributed by atoms with Gasteiger partial charge in [0.25, 0.3) is 5.91 Å². The number of likely N-dealkylation sites (N-methyl/N-ethyl adjacent to an activating group) is 1. The molecule has 0 bridgehead atoms. The number of nitrogens with zero attached hydrogens (tertiary/aromatic N) is 3. The van der Waals surface area contributed by atoms with E-state index in [4.69, 9.17) is 22.3 Å². The zero-order chi connectivity index (χ0) is 31.0. The normalized spacial score (nSPS) is 28.7. The van der Waals surface area contributed by atoms with Gasteiger partial charge in [-0.15, -0.1) is 0 Å². The summed E-state index contributed by atoms with van der Waals surface area (Å²) < 4.78 is 0. The minimum Gasteiger partial charge on any atom is -0.509 e. The molecule has 1 aromatic rings. The SMILES string of the molecule is CN(C)c1cc(C#CC(=O)O)c(O)c2c1C[C@@]1(N)C[C@@]3(N)[C@H](N(C)C)C(=O)C(C(N)=O)=C(O)[C@@]3(C#N)C(=O)C1=C2O. The standard InChI is InChI=1S/C27H28N6O8/c1-32(2)13-7-11(5-6-14(34)35)18(36)15-12(13)8-25(30)9-27(31)21(33(3)4)20(38)16(24(29)41)22(39)26(27,10-28)23(40)17(25)19(15)37/h7,21,36-37,39H,8-9,30-31H2,1-4H3,(H2,29,41)(H,34,35)/t21-,25-,26+,27-/m1/s1. The zero-order valence-corrected chi connectivity index (χ0v) is 22.6. The minimum absolute atomic E-state index is 0.187. The lowest BCUT2D eigenvalue weighted by atomic mass is 9.47. The topological polar surface area (TPSA) is 258 Å². The quantitative estimate of drug-likeness (QED) is 0.161. The van der Waals surface area contributed by atoms with Crippen molar-refractivity contribution in [3.8, 4) is 23.7 Å². The molecule has 0 radical (unpaired) electrons. The summed E-state index contributed by atoms with van der Waals surface area (Å²) in [5.41, 5.74) is 10.7. The van der Waals surface area contributed by atoms with Crippen molar-refractivity contribution in [1.82, 2.24) is 4.90 Å². The first-order valence-electron chi connectivity index (χ1n) is 12.1. The summed E-state index contributed by atoms with van der Waals surface area (Å²) in [5, 5.41) is 53.3. The van der Waals surface area contributed by atoms with Gasteiger partial charge in [0.15, 0.2) is 17.0 Å². The van der Waals surface area contributed by atoms with E-state index >= 15 is 0 Å². The molecule has 0 aliphatic heterocycles. The van der Waals surface area contributed by atoms with E-state index in [1.165, 1.54) is 25.1 Å². The number of carbonyl (C=O) groups excluding carboxylic acids is 3. The fourth-order valence-corrected chi connectivity index (χ4v) is 6.50. The van der Waals surface area contributed by atoms with Gasteiger partial charge in [-0.1, -0.05) is 5.92 Å². The van der Waals surface area contributed by atoms with Crippen LogP contribution in [0.2, 0.25) is 0 Å². The third kappa shape index (κ3) is 3.62. The van der Waals surface area contributed by atoms with E-state index in [2.05, 4.69) is 5.92 Å². The van der Waals surface area contributed by atoms with Crippen LogP contribution in [0, 0.1) is 28.6 Å². The van der Waals surface area contributed by atoms with Crippen LogP contribution in [0.3, 0.4) is 0 Å². The molecule has 3 aliphatic rings. The number of carboxylic acid groups (broad SMARTS) is 1. The van der Waals surface area contributed by atoms with Crippen molar-refractivity contribution in [3.63, 3.8) is 0 Å². The molecule has 214 valence electrons. The summed E-state index contributed by atoms with van der Waals surface area (Å²) in [6.45, 7) is 0. The number of nitriles is 1. The number of phenolic OH excluding ortho intramolecular Hbond substituents is 1. The number of anilines is 1. The van der Waals surface area contributed by atoms with Crippen LogP contribution in [0.5, 0.6) is 5.75 Å². The van der Waals surface area contributed by atoms with Crippen LogP contribution in [0.15, 0.2) is 23.0 Å². The average Bonchev–Trinajstić information content (AvgIpc) is 2.81. The summed E-state index contributed by atoms with van der Waals surface area (Å²) >= 11 is 0. The number of carbonyl (C=O) groups is 4. The van der Waals surface area contributed by atoms with Gasteiger partial charge in [0, 0.05) is 25.7 Å². The molecule has 1 aromatic carbocycles. The molecule has 14 nitrogen and oxygen atoms in total. The summed E-state index contributed by atoms with van der Waals surface area (Å²) in [6.07, 6.45) is -0.764. The van der Waals surface area contributed by atoms with Crippen LogP contribution in [0.1, 0.15) is 23.1 Å². The van der Waals surface area contributed by atoms with E-state index < -0.39 is 80.8 Å². The number of primary amides is 1. The van der Waals surface area contributed by atoms with Gasteiger partial charge >= 0.3 is 5.97 Å². The van der Waals surface area contributed by atoms with Gasteiger partial charge in [-0.05, 0) is 38.6 Å². The molecular formula is C27H28N6O8. The minimum atomic E-state index is -2.79. The maximum Gasteiger partial charge on any atom is 0.382 e. The van der Waals surface area contributed by atoms with Crippen LogP contribution in [0.25, 0.3) is 5.76 Å². The molecule has 41 heavy (non-hydrogen) atoms. The van der Waals surface area contributed by atoms with Crippen LogP contribution in [-0.4, -0.2) is 94.1 Å². The number of carboxylic acids is 1. The maximum atomic E-state index is 14.4. The van der Waals surface area contributed by atoms with Crippen molar-refractivity contribution < 1.29 is 39.6 Å². The summed E-state index contributed by atoms with van der Waals surface area (Å²) in [7, 11) is 6.12. The Morgan fingerprint density at radius 2 is 1.73 bits per heavy atom. The fourth-order valence-electron chi connectivity index (χ4n) is 6.50. The molecule has 1 saturated carbocycles. The maximum absolute atomic E-state index is 14.4. The van der Waals surface area contributed by atoms with Crippen LogP contribution >= 0.6 is 0 Å². The summed E-state index contributed by atoms with van der Waals surface area (Å²) in [6, 6.07) is 1.57. The van der Waals surface area contributed by atoms with Gasteiger partial charge in [0.1, 0.15) is 22.8 Å². The van der Waals surface area contributed by atoms with Crippen LogP contribution in [-0.2, 0) is 25.6 Å². The van der Waals surface area contributed by atoms with Crippen molar-refractivity contribution >= 4 is 34.9 Å². The Bertz CT molecular complexity index is 1640. The number of hydrogen-bond acceptors (Lipinski definition) is 12. The number of benzene rings is 1. The third-order valence-corrected chi connectivity index (χ3v) is 8.01. The third-order valence-electron chi connectivity index (χ3n) is 8.01. The number of nitrogens with two attached hydrogens (primary N) is 3. The fraction of sp³-hybridized carbons (Fsp3) is 0.370. The summed E-state index contributed by atoms with van der Waals surface area (Å²) in [4.78, 5) is 54.0. The number of amides is 1. The summed E-state index contributed by atoms with van der Waals surface area (Å²) in [5.74, 6) is -3.76. The number of aliphatic hydroxyl groups is 2. The second-order valence-corrected chi connectivity index (χ2v) is 10.9. The number of hydrogen-bond donors (Lipinski definition) is 7. The highest BCUT2D eigenvalue weighted by atomic mass is 16.4. The zero-order valence-electron chi connectivity index (χ0n) is 22.6. The lowest BCUT2D eigenvalue weighted by Gasteiger charge is -2.58. The number of fused-ring (bicyclic) bond motifs is 3. The Morgan fingerprint density at radius 3 is 2.22 bits per heavy atom. The number of Topliss-reactive ketones (excluding diaryl/α,β-unsaturated/α-hetero) is 2. The number of aliphatic hydroxyl groups excluding tert-OH is 2. The second kappa shape index (κ2) is 9.07. The molecule has 10 N–H and O–H groups in total. The molecule has 0 saturated heterocycles. The number of ketones is 2.